The van der Waals surface area contributed by atoms with Gasteiger partial charge in [0.25, 0.3) is 0 Å². The van der Waals surface area contributed by atoms with Gasteiger partial charge in [-0.15, -0.1) is 0 Å². The Bertz CT molecular complexity index is 744. The van der Waals surface area contributed by atoms with Crippen molar-refractivity contribution in [3.8, 4) is 0 Å². The average Bonchev–Trinajstić information content (AvgIpc) is 3.17. The first-order valence-corrected chi connectivity index (χ1v) is 8.75. The number of carbonyl (C=O) groups is 3. The molecule has 2 aliphatic heterocycles. The molecule has 0 saturated carbocycles. The van der Waals surface area contributed by atoms with Gasteiger partial charge in [0.15, 0.2) is 0 Å². The van der Waals surface area contributed by atoms with Gasteiger partial charge in [-0.1, -0.05) is 12.1 Å². The molecular formula is C18H23FN4O4. The van der Waals surface area contributed by atoms with Crippen LogP contribution in [-0.2, 0) is 14.3 Å². The molecule has 2 heterocycles. The van der Waals surface area contributed by atoms with Crippen molar-refractivity contribution in [3.63, 3.8) is 0 Å². The molecule has 8 nitrogen and oxygen atoms in total. The molecule has 2 saturated heterocycles. The zero-order valence-corrected chi connectivity index (χ0v) is 15.1. The summed E-state index contributed by atoms with van der Waals surface area (Å²) in [6.07, 6.45) is 0. The number of primary amides is 1. The van der Waals surface area contributed by atoms with Crippen LogP contribution in [-0.4, -0.2) is 67.5 Å². The van der Waals surface area contributed by atoms with Crippen LogP contribution in [0.25, 0.3) is 0 Å². The molecule has 0 aliphatic carbocycles. The largest absolute Gasteiger partial charge is 0.375 e. The van der Waals surface area contributed by atoms with Crippen molar-refractivity contribution in [3.05, 3.63) is 35.6 Å². The van der Waals surface area contributed by atoms with E-state index in [2.05, 4.69) is 5.32 Å². The van der Waals surface area contributed by atoms with Gasteiger partial charge in [-0.3, -0.25) is 9.59 Å². The highest BCUT2D eigenvalue weighted by atomic mass is 19.1. The molecule has 146 valence electrons. The Hall–Kier alpha value is -2.68. The number of rotatable bonds is 5. The topological polar surface area (TPSA) is 105 Å². The summed E-state index contributed by atoms with van der Waals surface area (Å²) in [4.78, 5) is 39.0. The van der Waals surface area contributed by atoms with Crippen molar-refractivity contribution in [2.45, 2.75) is 6.04 Å². The highest BCUT2D eigenvalue weighted by molar-refractivity contribution is 5.83. The molecule has 0 bridgehead atoms. The lowest BCUT2D eigenvalue weighted by Gasteiger charge is -2.30. The van der Waals surface area contributed by atoms with E-state index in [0.29, 0.717) is 25.2 Å². The molecule has 27 heavy (non-hydrogen) atoms. The van der Waals surface area contributed by atoms with E-state index in [0.717, 1.165) is 0 Å². The number of hydrogen-bond donors (Lipinski definition) is 2. The smallest absolute Gasteiger partial charge is 0.312 e. The van der Waals surface area contributed by atoms with E-state index in [1.807, 2.05) is 0 Å². The summed E-state index contributed by atoms with van der Waals surface area (Å²) in [5.41, 5.74) is 5.72. The van der Waals surface area contributed by atoms with Crippen LogP contribution in [0.15, 0.2) is 24.3 Å². The minimum atomic E-state index is -0.753. The third-order valence-corrected chi connectivity index (χ3v) is 5.21. The summed E-state index contributed by atoms with van der Waals surface area (Å²) in [6.45, 7) is 1.18. The molecule has 4 amide bonds. The Kier molecular flexibility index (Phi) is 5.59. The molecule has 1 aromatic carbocycles. The quantitative estimate of drug-likeness (QED) is 0.758. The van der Waals surface area contributed by atoms with E-state index >= 15 is 0 Å². The van der Waals surface area contributed by atoms with Gasteiger partial charge >= 0.3 is 6.03 Å². The van der Waals surface area contributed by atoms with Gasteiger partial charge in [0.1, 0.15) is 12.4 Å². The monoisotopic (exact) mass is 378 g/mol. The number of halogens is 1. The van der Waals surface area contributed by atoms with E-state index in [1.54, 1.807) is 21.9 Å². The van der Waals surface area contributed by atoms with Gasteiger partial charge < -0.3 is 25.6 Å². The van der Waals surface area contributed by atoms with Crippen LogP contribution < -0.4 is 11.1 Å². The summed E-state index contributed by atoms with van der Waals surface area (Å²) in [6, 6.07) is 5.12. The molecule has 3 rings (SSSR count). The summed E-state index contributed by atoms with van der Waals surface area (Å²) in [5, 5.41) is 2.30. The van der Waals surface area contributed by atoms with Crippen LogP contribution in [0.2, 0.25) is 0 Å². The summed E-state index contributed by atoms with van der Waals surface area (Å²) in [7, 11) is 1.46. The lowest BCUT2D eigenvalue weighted by Crippen LogP contribution is -2.43. The Morgan fingerprint density at radius 2 is 2.04 bits per heavy atom. The first-order valence-electron chi connectivity index (χ1n) is 8.75. The van der Waals surface area contributed by atoms with Gasteiger partial charge in [-0.05, 0) is 17.7 Å². The van der Waals surface area contributed by atoms with Crippen LogP contribution in [0.1, 0.15) is 11.6 Å². The Balaban J connectivity index is 1.80. The van der Waals surface area contributed by atoms with E-state index in [9.17, 15) is 18.8 Å². The number of urea groups is 1. The maximum atomic E-state index is 13.8. The number of fused-ring (bicyclic) bond motifs is 1. The SMILES string of the molecule is COCC(=O)N1C[C@H]2CN(C(=O)CNC(N)=O)C[C@H]2[C@@H]1c1cccc(F)c1. The minimum Gasteiger partial charge on any atom is -0.375 e. The predicted octanol–water partition coefficient (Wildman–Crippen LogP) is 0.0983. The van der Waals surface area contributed by atoms with Gasteiger partial charge in [0, 0.05) is 38.6 Å². The molecule has 2 fully saturated rings. The fraction of sp³-hybridized carbons (Fsp3) is 0.500. The molecule has 2 aliphatic rings. The van der Waals surface area contributed by atoms with Crippen molar-refractivity contribution >= 4 is 17.8 Å². The zero-order valence-electron chi connectivity index (χ0n) is 15.1. The Morgan fingerprint density at radius 1 is 1.26 bits per heavy atom. The van der Waals surface area contributed by atoms with Crippen LogP contribution >= 0.6 is 0 Å². The van der Waals surface area contributed by atoms with E-state index in [1.165, 1.54) is 19.2 Å². The highest BCUT2D eigenvalue weighted by Crippen LogP contribution is 2.45. The molecule has 0 aromatic heterocycles. The lowest BCUT2D eigenvalue weighted by molar-refractivity contribution is -0.137. The average molecular weight is 378 g/mol. The molecular weight excluding hydrogens is 355 g/mol. The van der Waals surface area contributed by atoms with E-state index < -0.39 is 6.03 Å². The van der Waals surface area contributed by atoms with Crippen LogP contribution in [0, 0.1) is 17.7 Å². The molecule has 1 aromatic rings. The predicted molar refractivity (Wildman–Crippen MR) is 93.9 cm³/mol. The van der Waals surface area contributed by atoms with E-state index in [-0.39, 0.29) is 48.7 Å². The van der Waals surface area contributed by atoms with E-state index in [4.69, 9.17) is 10.5 Å². The Morgan fingerprint density at radius 3 is 2.70 bits per heavy atom. The van der Waals surface area contributed by atoms with Crippen molar-refractivity contribution in [1.82, 2.24) is 15.1 Å². The van der Waals surface area contributed by atoms with Crippen molar-refractivity contribution < 1.29 is 23.5 Å². The molecule has 3 N–H and O–H groups in total. The van der Waals surface area contributed by atoms with Gasteiger partial charge in [-0.25, -0.2) is 9.18 Å². The standard InChI is InChI=1S/C18H23FN4O4/c1-27-10-16(25)23-8-12-7-22(15(24)6-21-18(20)26)9-14(12)17(23)11-3-2-4-13(19)5-11/h2-5,12,14,17H,6-10H2,1H3,(H3,20,21,26)/t12-,14-,17+/m1/s1. The first-order chi connectivity index (χ1) is 12.9. The maximum Gasteiger partial charge on any atom is 0.312 e. The zero-order chi connectivity index (χ0) is 19.6. The second kappa shape index (κ2) is 7.91. The van der Waals surface area contributed by atoms with Gasteiger partial charge in [0.05, 0.1) is 12.6 Å². The number of likely N-dealkylation sites (tertiary alicyclic amines) is 2. The van der Waals surface area contributed by atoms with Crippen molar-refractivity contribution in [1.29, 1.82) is 0 Å². The second-order valence-electron chi connectivity index (χ2n) is 6.92. The summed E-state index contributed by atoms with van der Waals surface area (Å²) in [5.74, 6) is -0.682. The minimum absolute atomic E-state index is 0.00914. The fourth-order valence-corrected chi connectivity index (χ4v) is 4.10. The number of benzene rings is 1. The molecule has 0 spiro atoms. The normalized spacial score (nSPS) is 24.0. The third-order valence-electron chi connectivity index (χ3n) is 5.21. The first kappa shape index (κ1) is 19.1. The van der Waals surface area contributed by atoms with Crippen LogP contribution in [0.4, 0.5) is 9.18 Å². The molecule has 0 radical (unpaired) electrons. The maximum absolute atomic E-state index is 13.8. The summed E-state index contributed by atoms with van der Waals surface area (Å²) < 4.78 is 18.8. The van der Waals surface area contributed by atoms with Crippen molar-refractivity contribution in [2.75, 3.05) is 39.9 Å². The number of nitrogens with two attached hydrogens (primary N) is 1. The van der Waals surface area contributed by atoms with Gasteiger partial charge in [0.2, 0.25) is 11.8 Å². The number of amides is 4. The number of carbonyl (C=O) groups excluding carboxylic acids is 3. The number of methoxy groups -OCH3 is 1. The van der Waals surface area contributed by atoms with Gasteiger partial charge in [-0.2, -0.15) is 0 Å². The number of hydrogen-bond acceptors (Lipinski definition) is 4. The third kappa shape index (κ3) is 4.02. The molecule has 9 heteroatoms. The fourth-order valence-electron chi connectivity index (χ4n) is 4.10. The van der Waals surface area contributed by atoms with Crippen LogP contribution in [0.5, 0.6) is 0 Å². The lowest BCUT2D eigenvalue weighted by atomic mass is 9.89. The second-order valence-corrected chi connectivity index (χ2v) is 6.92. The van der Waals surface area contributed by atoms with Crippen molar-refractivity contribution in [2.24, 2.45) is 17.6 Å². The number of nitrogens with one attached hydrogen (secondary N) is 1. The summed E-state index contributed by atoms with van der Waals surface area (Å²) >= 11 is 0. The molecule has 3 atom stereocenters. The number of ether oxygens (including phenoxy) is 1. The Labute approximate surface area is 156 Å². The molecule has 0 unspecified atom stereocenters. The number of nitrogens with zero attached hydrogens (tertiary/aromatic N) is 2. The van der Waals surface area contributed by atoms with Crippen LogP contribution in [0.3, 0.4) is 0 Å². The highest BCUT2D eigenvalue weighted by Gasteiger charge is 2.49.